The summed E-state index contributed by atoms with van der Waals surface area (Å²) in [4.78, 5) is 26.7. The lowest BCUT2D eigenvalue weighted by Crippen LogP contribution is -2.44. The van der Waals surface area contributed by atoms with Crippen LogP contribution in [-0.2, 0) is 0 Å². The van der Waals surface area contributed by atoms with Gasteiger partial charge in [-0.2, -0.15) is 4.68 Å². The summed E-state index contributed by atoms with van der Waals surface area (Å²) in [6.45, 7) is 3.57. The molecule has 0 radical (unpaired) electrons. The first-order valence-electron chi connectivity index (χ1n) is 7.92. The predicted octanol–water partition coefficient (Wildman–Crippen LogP) is 3.05. The minimum Gasteiger partial charge on any atom is -0.290 e. The zero-order valence-electron chi connectivity index (χ0n) is 13.8. The second-order valence-corrected chi connectivity index (χ2v) is 6.47. The summed E-state index contributed by atoms with van der Waals surface area (Å²) >= 11 is 6.11. The van der Waals surface area contributed by atoms with Crippen molar-refractivity contribution in [3.8, 4) is 0 Å². The molecule has 0 N–H and O–H groups in total. The van der Waals surface area contributed by atoms with Crippen molar-refractivity contribution in [2.24, 2.45) is 0 Å². The Bertz CT molecular complexity index is 885. The Labute approximate surface area is 148 Å². The smallest absolute Gasteiger partial charge is 0.290 e. The molecule has 0 saturated heterocycles. The first kappa shape index (κ1) is 17.3. The number of carbonyl (C=O) groups excluding carboxylic acids is 1. The number of hydrogen-bond donors (Lipinski definition) is 0. The van der Waals surface area contributed by atoms with Gasteiger partial charge in [-0.05, 0) is 67.8 Å². The predicted molar refractivity (Wildman–Crippen MR) is 92.0 cm³/mol. The normalized spacial score (nSPS) is 14.4. The first-order chi connectivity index (χ1) is 11.9. The number of carbonyl (C=O) groups is 1. The average molecular weight is 366 g/mol. The van der Waals surface area contributed by atoms with E-state index >= 15 is 0 Å². The molecule has 7 nitrogen and oxygen atoms in total. The Balaban J connectivity index is 1.99. The van der Waals surface area contributed by atoms with Crippen LogP contribution in [0.1, 0.15) is 33.1 Å². The van der Waals surface area contributed by atoms with E-state index in [9.17, 15) is 14.0 Å². The lowest BCUT2D eigenvalue weighted by molar-refractivity contribution is 0.242. The number of rotatable bonds is 3. The second-order valence-electron chi connectivity index (χ2n) is 6.01. The van der Waals surface area contributed by atoms with Crippen LogP contribution < -0.4 is 10.6 Å². The van der Waals surface area contributed by atoms with E-state index in [4.69, 9.17) is 11.6 Å². The fraction of sp³-hybridized carbons (Fsp3) is 0.375. The molecule has 1 aromatic heterocycles. The van der Waals surface area contributed by atoms with Crippen molar-refractivity contribution >= 4 is 29.0 Å². The molecule has 0 aliphatic heterocycles. The van der Waals surface area contributed by atoms with Crippen LogP contribution >= 0.6 is 11.6 Å². The van der Waals surface area contributed by atoms with E-state index in [0.29, 0.717) is 33.9 Å². The highest BCUT2D eigenvalue weighted by Crippen LogP contribution is 2.30. The summed E-state index contributed by atoms with van der Waals surface area (Å²) in [5, 5.41) is 8.04. The molecule has 1 aliphatic carbocycles. The minimum absolute atomic E-state index is 0.274. The molecule has 1 aromatic carbocycles. The molecule has 0 bridgehead atoms. The number of aromatic nitrogens is 4. The third-order valence-corrected chi connectivity index (χ3v) is 4.38. The quantitative estimate of drug-likeness (QED) is 0.783. The second kappa shape index (κ2) is 6.79. The number of benzene rings is 1. The molecule has 0 spiro atoms. The molecular weight excluding hydrogens is 349 g/mol. The van der Waals surface area contributed by atoms with Gasteiger partial charge in [-0.15, -0.1) is 4.68 Å². The van der Waals surface area contributed by atoms with E-state index in [2.05, 4.69) is 10.4 Å². The van der Waals surface area contributed by atoms with Gasteiger partial charge in [0.15, 0.2) is 0 Å². The van der Waals surface area contributed by atoms with E-state index in [0.717, 1.165) is 11.1 Å². The summed E-state index contributed by atoms with van der Waals surface area (Å²) < 4.78 is 14.9. The summed E-state index contributed by atoms with van der Waals surface area (Å²) in [6.07, 6.45) is 2.12. The third kappa shape index (κ3) is 3.21. The molecule has 1 aliphatic rings. The molecule has 25 heavy (non-hydrogen) atoms. The van der Waals surface area contributed by atoms with Crippen LogP contribution in [0, 0.1) is 5.82 Å². The number of amides is 1. The Hall–Kier alpha value is -2.48. The van der Waals surface area contributed by atoms with Crippen LogP contribution in [0.5, 0.6) is 0 Å². The molecule has 2 aromatic rings. The molecule has 9 heteroatoms. The highest BCUT2D eigenvalue weighted by atomic mass is 35.5. The fourth-order valence-corrected chi connectivity index (χ4v) is 3.09. The zero-order valence-corrected chi connectivity index (χ0v) is 14.6. The molecule has 0 unspecified atom stereocenters. The van der Waals surface area contributed by atoms with Crippen LogP contribution in [0.25, 0.3) is 5.70 Å². The Morgan fingerprint density at radius 3 is 2.48 bits per heavy atom. The molecule has 132 valence electrons. The van der Waals surface area contributed by atoms with E-state index < -0.39 is 17.5 Å². The van der Waals surface area contributed by atoms with Gasteiger partial charge < -0.3 is 0 Å². The van der Waals surface area contributed by atoms with Crippen LogP contribution in [0.4, 0.5) is 14.9 Å². The van der Waals surface area contributed by atoms with Gasteiger partial charge in [0.2, 0.25) is 0 Å². The van der Waals surface area contributed by atoms with E-state index in [1.807, 2.05) is 0 Å². The summed E-state index contributed by atoms with van der Waals surface area (Å²) in [5.74, 6) is -0.411. The lowest BCUT2D eigenvalue weighted by atomic mass is 10.2. The number of hydrogen-bond acceptors (Lipinski definition) is 4. The topological polar surface area (TPSA) is 73.0 Å². The van der Waals surface area contributed by atoms with Crippen molar-refractivity contribution in [2.75, 3.05) is 4.90 Å². The minimum atomic E-state index is -0.673. The standard InChI is InChI=1S/C16H17ClFN5O2/c1-10(2)21(12-8-6-11(18)7-9-12)15(24)23-16(25)22(19-20-23)14-5-3-4-13(14)17/h6-10H,3-5H2,1-2H3. The maximum atomic E-state index is 13.2. The lowest BCUT2D eigenvalue weighted by Gasteiger charge is -2.25. The van der Waals surface area contributed by atoms with Crippen LogP contribution in [0.15, 0.2) is 34.1 Å². The molecule has 0 atom stereocenters. The molecule has 3 rings (SSSR count). The average Bonchev–Trinajstić information content (AvgIpc) is 3.14. The summed E-state index contributed by atoms with van der Waals surface area (Å²) in [5.41, 5.74) is 0.359. The van der Waals surface area contributed by atoms with Gasteiger partial charge in [0, 0.05) is 16.8 Å². The van der Waals surface area contributed by atoms with Gasteiger partial charge in [-0.3, -0.25) is 4.90 Å². The van der Waals surface area contributed by atoms with E-state index in [1.54, 1.807) is 13.8 Å². The van der Waals surface area contributed by atoms with Gasteiger partial charge in [-0.1, -0.05) is 11.6 Å². The van der Waals surface area contributed by atoms with Crippen LogP contribution in [-0.4, -0.2) is 31.9 Å². The van der Waals surface area contributed by atoms with Gasteiger partial charge in [0.1, 0.15) is 5.82 Å². The maximum Gasteiger partial charge on any atom is 0.377 e. The molecular formula is C16H17ClFN5O2. The van der Waals surface area contributed by atoms with Crippen molar-refractivity contribution in [1.29, 1.82) is 0 Å². The Kier molecular flexibility index (Phi) is 4.71. The number of tetrazole rings is 1. The van der Waals surface area contributed by atoms with Gasteiger partial charge in [0.05, 0.1) is 5.70 Å². The van der Waals surface area contributed by atoms with Gasteiger partial charge in [0.25, 0.3) is 0 Å². The van der Waals surface area contributed by atoms with Gasteiger partial charge in [-0.25, -0.2) is 14.0 Å². The van der Waals surface area contributed by atoms with Gasteiger partial charge >= 0.3 is 11.7 Å². The maximum absolute atomic E-state index is 13.2. The number of allylic oxidation sites excluding steroid dienone is 2. The van der Waals surface area contributed by atoms with E-state index in [1.165, 1.54) is 29.2 Å². The van der Waals surface area contributed by atoms with Crippen molar-refractivity contribution in [3.63, 3.8) is 0 Å². The van der Waals surface area contributed by atoms with E-state index in [-0.39, 0.29) is 6.04 Å². The monoisotopic (exact) mass is 365 g/mol. The first-order valence-corrected chi connectivity index (χ1v) is 8.30. The highest BCUT2D eigenvalue weighted by molar-refractivity contribution is 6.32. The summed E-state index contributed by atoms with van der Waals surface area (Å²) in [6, 6.07) is 4.51. The number of halogens is 2. The fourth-order valence-electron chi connectivity index (χ4n) is 2.78. The molecule has 0 saturated carbocycles. The van der Waals surface area contributed by atoms with Crippen LogP contribution in [0.2, 0.25) is 0 Å². The number of nitrogens with zero attached hydrogens (tertiary/aromatic N) is 5. The molecule has 1 heterocycles. The zero-order chi connectivity index (χ0) is 18.1. The van der Waals surface area contributed by atoms with Crippen molar-refractivity contribution in [3.05, 3.63) is 45.6 Å². The molecule has 1 amide bonds. The third-order valence-electron chi connectivity index (χ3n) is 3.97. The largest absolute Gasteiger partial charge is 0.377 e. The summed E-state index contributed by atoms with van der Waals surface area (Å²) in [7, 11) is 0. The van der Waals surface area contributed by atoms with Crippen molar-refractivity contribution in [1.82, 2.24) is 19.8 Å². The highest BCUT2D eigenvalue weighted by Gasteiger charge is 2.27. The van der Waals surface area contributed by atoms with Crippen molar-refractivity contribution < 1.29 is 9.18 Å². The van der Waals surface area contributed by atoms with Crippen LogP contribution in [0.3, 0.4) is 0 Å². The Morgan fingerprint density at radius 1 is 1.24 bits per heavy atom. The Morgan fingerprint density at radius 2 is 1.92 bits per heavy atom. The SMILES string of the molecule is CC(C)N(C(=O)n1nnn(C2=C(Cl)CCC2)c1=O)c1ccc(F)cc1. The van der Waals surface area contributed by atoms with Crippen molar-refractivity contribution in [2.45, 2.75) is 39.2 Å². The molecule has 0 fully saturated rings. The number of anilines is 1.